The van der Waals surface area contributed by atoms with Crippen molar-refractivity contribution in [3.8, 4) is 5.75 Å². The van der Waals surface area contributed by atoms with Gasteiger partial charge in [-0.1, -0.05) is 37.6 Å². The first-order chi connectivity index (χ1) is 10.3. The van der Waals surface area contributed by atoms with Crippen LogP contribution in [-0.2, 0) is 10.0 Å². The number of rotatable bonds is 6. The largest absolute Gasteiger partial charge is 0.497 e. The van der Waals surface area contributed by atoms with Crippen LogP contribution in [0.3, 0.4) is 0 Å². The molecule has 0 amide bonds. The summed E-state index contributed by atoms with van der Waals surface area (Å²) in [5.74, 6) is 0.831. The molecule has 2 rings (SSSR count). The molecular weight excluding hydrogens is 342 g/mol. The van der Waals surface area contributed by atoms with Crippen LogP contribution in [0, 0.1) is 5.92 Å². The van der Waals surface area contributed by atoms with Crippen LogP contribution in [0.2, 0.25) is 4.34 Å². The van der Waals surface area contributed by atoms with Crippen LogP contribution in [0.1, 0.15) is 25.5 Å². The summed E-state index contributed by atoms with van der Waals surface area (Å²) in [4.78, 5) is 0. The second-order valence-corrected chi connectivity index (χ2v) is 8.83. The molecule has 120 valence electrons. The van der Waals surface area contributed by atoms with E-state index < -0.39 is 10.0 Å². The first-order valence-electron chi connectivity index (χ1n) is 6.75. The van der Waals surface area contributed by atoms with Crippen LogP contribution in [0.25, 0.3) is 0 Å². The van der Waals surface area contributed by atoms with Crippen molar-refractivity contribution in [1.29, 1.82) is 0 Å². The maximum absolute atomic E-state index is 12.5. The molecule has 0 spiro atoms. The first-order valence-corrected chi connectivity index (χ1v) is 9.43. The molecule has 0 saturated carbocycles. The molecule has 1 aromatic heterocycles. The van der Waals surface area contributed by atoms with E-state index in [1.807, 2.05) is 38.1 Å². The quantitative estimate of drug-likeness (QED) is 0.845. The lowest BCUT2D eigenvalue weighted by molar-refractivity contribution is 0.413. The number of thiophene rings is 1. The number of hydrogen-bond acceptors (Lipinski definition) is 4. The summed E-state index contributed by atoms with van der Waals surface area (Å²) in [5.41, 5.74) is 0.891. The van der Waals surface area contributed by atoms with Gasteiger partial charge >= 0.3 is 0 Å². The molecule has 4 nitrogen and oxygen atoms in total. The Hall–Kier alpha value is -1.08. The molecule has 0 aliphatic heterocycles. The molecule has 0 fully saturated rings. The van der Waals surface area contributed by atoms with Crippen LogP contribution < -0.4 is 9.46 Å². The van der Waals surface area contributed by atoms with Crippen molar-refractivity contribution in [1.82, 2.24) is 4.72 Å². The van der Waals surface area contributed by atoms with E-state index in [2.05, 4.69) is 4.72 Å². The number of ether oxygens (including phenoxy) is 1. The fourth-order valence-electron chi connectivity index (χ4n) is 2.07. The minimum absolute atomic E-state index is 0.0959. The van der Waals surface area contributed by atoms with Gasteiger partial charge in [-0.15, -0.1) is 11.3 Å². The second-order valence-electron chi connectivity index (χ2n) is 5.17. The van der Waals surface area contributed by atoms with Crippen molar-refractivity contribution >= 4 is 33.0 Å². The van der Waals surface area contributed by atoms with Gasteiger partial charge in [0.15, 0.2) is 0 Å². The summed E-state index contributed by atoms with van der Waals surface area (Å²) in [6, 6.07) is 10.2. The number of nitrogens with one attached hydrogen (secondary N) is 1. The summed E-state index contributed by atoms with van der Waals surface area (Å²) in [7, 11) is -2.00. The average molecular weight is 360 g/mol. The van der Waals surface area contributed by atoms with Crippen molar-refractivity contribution < 1.29 is 13.2 Å². The topological polar surface area (TPSA) is 55.4 Å². The summed E-state index contributed by atoms with van der Waals surface area (Å²) in [6.45, 7) is 3.94. The van der Waals surface area contributed by atoms with Crippen LogP contribution in [0.4, 0.5) is 0 Å². The predicted octanol–water partition coefficient (Wildman–Crippen LogP) is 4.09. The Labute approximate surface area is 140 Å². The zero-order valence-corrected chi connectivity index (χ0v) is 14.9. The molecule has 2 aromatic rings. The highest BCUT2D eigenvalue weighted by Crippen LogP contribution is 2.29. The van der Waals surface area contributed by atoms with Crippen molar-refractivity contribution in [3.05, 3.63) is 46.3 Å². The lowest BCUT2D eigenvalue weighted by Crippen LogP contribution is -2.31. The molecule has 0 aliphatic carbocycles. The number of hydrogen-bond donors (Lipinski definition) is 1. The van der Waals surface area contributed by atoms with Gasteiger partial charge in [-0.3, -0.25) is 0 Å². The maximum atomic E-state index is 12.5. The fourth-order valence-corrected chi connectivity index (χ4v) is 4.94. The molecule has 1 aromatic carbocycles. The van der Waals surface area contributed by atoms with E-state index in [0.717, 1.165) is 22.6 Å². The van der Waals surface area contributed by atoms with Gasteiger partial charge in [0.1, 0.15) is 9.96 Å². The Morgan fingerprint density at radius 2 is 1.77 bits per heavy atom. The third-order valence-electron chi connectivity index (χ3n) is 3.24. The summed E-state index contributed by atoms with van der Waals surface area (Å²) < 4.78 is 33.5. The van der Waals surface area contributed by atoms with E-state index in [1.165, 1.54) is 6.07 Å². The van der Waals surface area contributed by atoms with Gasteiger partial charge in [-0.05, 0) is 35.7 Å². The maximum Gasteiger partial charge on any atom is 0.250 e. The standard InChI is InChI=1S/C15H18ClNO3S2/c1-10(2)15(11-4-6-12(20-3)7-5-11)17-22(18,19)14-9-8-13(16)21-14/h4-10,15,17H,1-3H3. The molecule has 1 N–H and O–H groups in total. The molecule has 1 heterocycles. The Morgan fingerprint density at radius 1 is 1.14 bits per heavy atom. The minimum Gasteiger partial charge on any atom is -0.497 e. The molecule has 1 unspecified atom stereocenters. The summed E-state index contributed by atoms with van der Waals surface area (Å²) in [5, 5.41) is 0. The number of sulfonamides is 1. The Kier molecular flexibility index (Phi) is 5.50. The highest BCUT2D eigenvalue weighted by atomic mass is 35.5. The highest BCUT2D eigenvalue weighted by Gasteiger charge is 2.25. The van der Waals surface area contributed by atoms with Gasteiger partial charge in [0, 0.05) is 6.04 Å². The van der Waals surface area contributed by atoms with Crippen LogP contribution in [-0.4, -0.2) is 15.5 Å². The third kappa shape index (κ3) is 4.01. The second kappa shape index (κ2) is 7.00. The molecule has 0 saturated heterocycles. The normalized spacial score (nSPS) is 13.3. The van der Waals surface area contributed by atoms with Crippen LogP contribution in [0.5, 0.6) is 5.75 Å². The third-order valence-corrected chi connectivity index (χ3v) is 6.40. The van der Waals surface area contributed by atoms with E-state index in [0.29, 0.717) is 4.34 Å². The van der Waals surface area contributed by atoms with Crippen LogP contribution >= 0.6 is 22.9 Å². The Bertz CT molecular complexity index is 724. The molecule has 1 atom stereocenters. The van der Waals surface area contributed by atoms with Gasteiger partial charge in [0.25, 0.3) is 10.0 Å². The van der Waals surface area contributed by atoms with Gasteiger partial charge in [0.05, 0.1) is 11.4 Å². The monoisotopic (exact) mass is 359 g/mol. The lowest BCUT2D eigenvalue weighted by atomic mass is 9.97. The number of methoxy groups -OCH3 is 1. The molecule has 0 radical (unpaired) electrons. The number of benzene rings is 1. The summed E-state index contributed by atoms with van der Waals surface area (Å²) in [6.07, 6.45) is 0. The van der Waals surface area contributed by atoms with E-state index >= 15 is 0 Å². The Morgan fingerprint density at radius 3 is 2.23 bits per heavy atom. The minimum atomic E-state index is -3.59. The molecular formula is C15H18ClNO3S2. The van der Waals surface area contributed by atoms with E-state index in [-0.39, 0.29) is 16.2 Å². The average Bonchev–Trinajstić information content (AvgIpc) is 2.92. The van der Waals surface area contributed by atoms with Crippen molar-refractivity contribution in [2.24, 2.45) is 5.92 Å². The SMILES string of the molecule is COc1ccc(C(NS(=O)(=O)c2ccc(Cl)s2)C(C)C)cc1. The molecule has 7 heteroatoms. The van der Waals surface area contributed by atoms with Gasteiger partial charge in [-0.25, -0.2) is 13.1 Å². The number of halogens is 1. The summed E-state index contributed by atoms with van der Waals surface area (Å²) >= 11 is 6.87. The highest BCUT2D eigenvalue weighted by molar-refractivity contribution is 7.91. The first kappa shape index (κ1) is 17.3. The molecule has 22 heavy (non-hydrogen) atoms. The fraction of sp³-hybridized carbons (Fsp3) is 0.333. The van der Waals surface area contributed by atoms with E-state index in [1.54, 1.807) is 13.2 Å². The molecule has 0 bridgehead atoms. The van der Waals surface area contributed by atoms with Crippen molar-refractivity contribution in [2.45, 2.75) is 24.1 Å². The van der Waals surface area contributed by atoms with Gasteiger partial charge in [0.2, 0.25) is 0 Å². The molecule has 0 aliphatic rings. The zero-order valence-electron chi connectivity index (χ0n) is 12.5. The Balaban J connectivity index is 2.28. The van der Waals surface area contributed by atoms with Gasteiger partial charge in [-0.2, -0.15) is 0 Å². The smallest absolute Gasteiger partial charge is 0.250 e. The van der Waals surface area contributed by atoms with E-state index in [9.17, 15) is 8.42 Å². The van der Waals surface area contributed by atoms with Crippen molar-refractivity contribution in [3.63, 3.8) is 0 Å². The zero-order chi connectivity index (χ0) is 16.3. The predicted molar refractivity (Wildman–Crippen MR) is 90.2 cm³/mol. The van der Waals surface area contributed by atoms with Crippen molar-refractivity contribution in [2.75, 3.05) is 7.11 Å². The van der Waals surface area contributed by atoms with E-state index in [4.69, 9.17) is 16.3 Å². The lowest BCUT2D eigenvalue weighted by Gasteiger charge is -2.22. The van der Waals surface area contributed by atoms with Crippen LogP contribution in [0.15, 0.2) is 40.6 Å². The van der Waals surface area contributed by atoms with Gasteiger partial charge < -0.3 is 4.74 Å².